The number of carboxylic acids is 1. The van der Waals surface area contributed by atoms with Gasteiger partial charge in [0.1, 0.15) is 0 Å². The average molecular weight is 300 g/mol. The van der Waals surface area contributed by atoms with Gasteiger partial charge in [-0.1, -0.05) is 0 Å². The first-order valence-electron chi connectivity index (χ1n) is 7.87. The van der Waals surface area contributed by atoms with Crippen LogP contribution in [-0.2, 0) is 9.53 Å². The van der Waals surface area contributed by atoms with Crippen LogP contribution in [0.1, 0.15) is 44.9 Å². The van der Waals surface area contributed by atoms with E-state index in [9.17, 15) is 9.59 Å². The Kier molecular flexibility index (Phi) is 8.82. The van der Waals surface area contributed by atoms with Crippen LogP contribution in [0.3, 0.4) is 0 Å². The number of unbranched alkanes of at least 4 members (excludes halogenated alkanes) is 2. The fourth-order valence-electron chi connectivity index (χ4n) is 2.67. The zero-order valence-electron chi connectivity index (χ0n) is 13.0. The van der Waals surface area contributed by atoms with Crippen LogP contribution < -0.4 is 5.32 Å². The van der Waals surface area contributed by atoms with Crippen LogP contribution >= 0.6 is 0 Å². The van der Waals surface area contributed by atoms with Crippen molar-refractivity contribution in [1.29, 1.82) is 0 Å². The zero-order chi connectivity index (χ0) is 15.5. The Bertz CT molecular complexity index is 323. The number of hydrogen-bond donors (Lipinski definition) is 2. The van der Waals surface area contributed by atoms with Crippen molar-refractivity contribution in [3.8, 4) is 0 Å². The standard InChI is InChI=1S/C15H28N2O4/c1-21-11-4-2-3-9-16-15(20)17-10-5-6-13(12-17)7-8-14(18)19/h13H,2-12H2,1H3,(H,16,20)(H,18,19). The Hall–Kier alpha value is -1.30. The zero-order valence-corrected chi connectivity index (χ0v) is 13.0. The molecule has 0 aromatic rings. The number of rotatable bonds is 9. The van der Waals surface area contributed by atoms with Gasteiger partial charge < -0.3 is 20.1 Å². The fraction of sp³-hybridized carbons (Fsp3) is 0.867. The second kappa shape index (κ2) is 10.4. The number of hydrogen-bond acceptors (Lipinski definition) is 3. The highest BCUT2D eigenvalue weighted by Crippen LogP contribution is 2.20. The molecule has 2 amide bonds. The molecule has 1 atom stereocenters. The Morgan fingerprint density at radius 2 is 2.14 bits per heavy atom. The molecule has 1 saturated heterocycles. The summed E-state index contributed by atoms with van der Waals surface area (Å²) in [5.74, 6) is -0.435. The summed E-state index contributed by atoms with van der Waals surface area (Å²) in [5.41, 5.74) is 0. The second-order valence-corrected chi connectivity index (χ2v) is 5.67. The highest BCUT2D eigenvalue weighted by atomic mass is 16.5. The van der Waals surface area contributed by atoms with E-state index in [2.05, 4.69) is 5.32 Å². The van der Waals surface area contributed by atoms with E-state index < -0.39 is 5.97 Å². The minimum absolute atomic E-state index is 0.0123. The van der Waals surface area contributed by atoms with Gasteiger partial charge in [-0.3, -0.25) is 4.79 Å². The van der Waals surface area contributed by atoms with Crippen LogP contribution in [0.25, 0.3) is 0 Å². The highest BCUT2D eigenvalue weighted by Gasteiger charge is 2.23. The molecule has 1 aliphatic heterocycles. The quantitative estimate of drug-likeness (QED) is 0.639. The molecule has 1 rings (SSSR count). The molecular weight excluding hydrogens is 272 g/mol. The van der Waals surface area contributed by atoms with E-state index >= 15 is 0 Å². The molecule has 0 radical (unpaired) electrons. The summed E-state index contributed by atoms with van der Waals surface area (Å²) in [6, 6.07) is -0.0123. The van der Waals surface area contributed by atoms with E-state index in [4.69, 9.17) is 9.84 Å². The summed E-state index contributed by atoms with van der Waals surface area (Å²) in [6.07, 6.45) is 5.88. The number of amides is 2. The van der Waals surface area contributed by atoms with E-state index in [1.807, 2.05) is 4.90 Å². The number of nitrogens with zero attached hydrogens (tertiary/aromatic N) is 1. The number of aliphatic carboxylic acids is 1. The monoisotopic (exact) mass is 300 g/mol. The van der Waals surface area contributed by atoms with Crippen LogP contribution in [-0.4, -0.2) is 55.4 Å². The molecule has 1 fully saturated rings. The van der Waals surface area contributed by atoms with Gasteiger partial charge in [0.05, 0.1) is 0 Å². The number of nitrogens with one attached hydrogen (secondary N) is 1. The number of piperidine rings is 1. The maximum absolute atomic E-state index is 12.0. The van der Waals surface area contributed by atoms with E-state index in [1.54, 1.807) is 7.11 Å². The van der Waals surface area contributed by atoms with Gasteiger partial charge in [0.15, 0.2) is 0 Å². The Morgan fingerprint density at radius 3 is 2.86 bits per heavy atom. The number of carbonyl (C=O) groups is 2. The van der Waals surface area contributed by atoms with Crippen LogP contribution in [0.4, 0.5) is 4.79 Å². The van der Waals surface area contributed by atoms with E-state index in [0.717, 1.165) is 45.3 Å². The molecule has 1 aliphatic rings. The molecule has 1 heterocycles. The summed E-state index contributed by atoms with van der Waals surface area (Å²) in [4.78, 5) is 24.5. The van der Waals surface area contributed by atoms with Gasteiger partial charge in [-0.05, 0) is 44.4 Å². The van der Waals surface area contributed by atoms with Crippen molar-refractivity contribution in [1.82, 2.24) is 10.2 Å². The Balaban J connectivity index is 2.16. The fourth-order valence-corrected chi connectivity index (χ4v) is 2.67. The van der Waals surface area contributed by atoms with Crippen LogP contribution in [0, 0.1) is 5.92 Å². The van der Waals surface area contributed by atoms with Crippen LogP contribution in [0.5, 0.6) is 0 Å². The smallest absolute Gasteiger partial charge is 0.317 e. The van der Waals surface area contributed by atoms with Gasteiger partial charge in [-0.2, -0.15) is 0 Å². The minimum Gasteiger partial charge on any atom is -0.481 e. The summed E-state index contributed by atoms with van der Waals surface area (Å²) in [5, 5.41) is 11.7. The summed E-state index contributed by atoms with van der Waals surface area (Å²) >= 11 is 0. The number of methoxy groups -OCH3 is 1. The van der Waals surface area contributed by atoms with Gasteiger partial charge in [0, 0.05) is 39.8 Å². The molecule has 0 spiro atoms. The average Bonchev–Trinajstić information content (AvgIpc) is 2.48. The van der Waals surface area contributed by atoms with Gasteiger partial charge >= 0.3 is 12.0 Å². The first kappa shape index (κ1) is 17.8. The number of ether oxygens (including phenoxy) is 1. The molecule has 6 heteroatoms. The van der Waals surface area contributed by atoms with Gasteiger partial charge in [0.2, 0.25) is 0 Å². The molecule has 6 nitrogen and oxygen atoms in total. The number of carboxylic acid groups (broad SMARTS) is 1. The first-order chi connectivity index (χ1) is 10.1. The lowest BCUT2D eigenvalue weighted by Crippen LogP contribution is -2.45. The highest BCUT2D eigenvalue weighted by molar-refractivity contribution is 5.74. The van der Waals surface area contributed by atoms with Crippen molar-refractivity contribution >= 4 is 12.0 Å². The lowest BCUT2D eigenvalue weighted by atomic mass is 9.93. The van der Waals surface area contributed by atoms with E-state index in [0.29, 0.717) is 25.4 Å². The molecule has 0 aromatic carbocycles. The number of likely N-dealkylation sites (tertiary alicyclic amines) is 1. The molecule has 0 bridgehead atoms. The summed E-state index contributed by atoms with van der Waals surface area (Å²) in [6.45, 7) is 2.92. The molecule has 0 aliphatic carbocycles. The predicted molar refractivity (Wildman–Crippen MR) is 80.3 cm³/mol. The summed E-state index contributed by atoms with van der Waals surface area (Å²) < 4.78 is 4.98. The third-order valence-corrected chi connectivity index (χ3v) is 3.87. The number of carbonyl (C=O) groups excluding carboxylic acids is 1. The number of urea groups is 1. The molecule has 2 N–H and O–H groups in total. The van der Waals surface area contributed by atoms with Crippen molar-refractivity contribution in [2.45, 2.75) is 44.9 Å². The van der Waals surface area contributed by atoms with Gasteiger partial charge in [-0.25, -0.2) is 4.79 Å². The lowest BCUT2D eigenvalue weighted by Gasteiger charge is -2.32. The molecule has 1 unspecified atom stereocenters. The van der Waals surface area contributed by atoms with Gasteiger partial charge in [-0.15, -0.1) is 0 Å². The van der Waals surface area contributed by atoms with Crippen molar-refractivity contribution < 1.29 is 19.4 Å². The summed E-state index contributed by atoms with van der Waals surface area (Å²) in [7, 11) is 1.69. The van der Waals surface area contributed by atoms with Crippen molar-refractivity contribution in [3.63, 3.8) is 0 Å². The second-order valence-electron chi connectivity index (χ2n) is 5.67. The predicted octanol–water partition coefficient (Wildman–Crippen LogP) is 2.09. The van der Waals surface area contributed by atoms with Crippen molar-refractivity contribution in [2.24, 2.45) is 5.92 Å². The molecule has 0 saturated carbocycles. The SMILES string of the molecule is COCCCCCNC(=O)N1CCCC(CCC(=O)O)C1. The molecule has 0 aromatic heterocycles. The normalized spacial score (nSPS) is 18.5. The van der Waals surface area contributed by atoms with Crippen molar-refractivity contribution in [2.75, 3.05) is 33.4 Å². The van der Waals surface area contributed by atoms with Crippen LogP contribution in [0.15, 0.2) is 0 Å². The van der Waals surface area contributed by atoms with Crippen molar-refractivity contribution in [3.05, 3.63) is 0 Å². The topological polar surface area (TPSA) is 78.9 Å². The van der Waals surface area contributed by atoms with E-state index in [-0.39, 0.29) is 12.5 Å². The van der Waals surface area contributed by atoms with Gasteiger partial charge in [0.25, 0.3) is 0 Å². The largest absolute Gasteiger partial charge is 0.481 e. The molecular formula is C15H28N2O4. The molecule has 21 heavy (non-hydrogen) atoms. The van der Waals surface area contributed by atoms with Crippen LogP contribution in [0.2, 0.25) is 0 Å². The minimum atomic E-state index is -0.757. The Morgan fingerprint density at radius 1 is 1.33 bits per heavy atom. The lowest BCUT2D eigenvalue weighted by molar-refractivity contribution is -0.137. The first-order valence-corrected chi connectivity index (χ1v) is 7.87. The third-order valence-electron chi connectivity index (χ3n) is 3.87. The maximum Gasteiger partial charge on any atom is 0.317 e. The maximum atomic E-state index is 12.0. The third kappa shape index (κ3) is 7.90. The van der Waals surface area contributed by atoms with E-state index in [1.165, 1.54) is 0 Å². The Labute approximate surface area is 126 Å². The molecule has 122 valence electrons.